The van der Waals surface area contributed by atoms with Crippen LogP contribution < -0.4 is 20.3 Å². The molecule has 8 nitrogen and oxygen atoms in total. The highest BCUT2D eigenvalue weighted by Crippen LogP contribution is 2.30. The summed E-state index contributed by atoms with van der Waals surface area (Å²) in [5.74, 6) is 0.405. The van der Waals surface area contributed by atoms with Crippen molar-refractivity contribution in [1.82, 2.24) is 15.5 Å². The number of anilines is 1. The molecule has 0 bridgehead atoms. The van der Waals surface area contributed by atoms with E-state index in [4.69, 9.17) is 9.47 Å². The van der Waals surface area contributed by atoms with Gasteiger partial charge < -0.3 is 25.0 Å². The van der Waals surface area contributed by atoms with Crippen molar-refractivity contribution in [2.24, 2.45) is 0 Å². The number of esters is 1. The van der Waals surface area contributed by atoms with Gasteiger partial charge in [-0.05, 0) is 17.7 Å². The first kappa shape index (κ1) is 21.7. The zero-order chi connectivity index (χ0) is 22.5. The molecule has 2 amide bonds. The molecule has 0 radical (unpaired) electrons. The number of rotatable bonds is 6. The van der Waals surface area contributed by atoms with Gasteiger partial charge in [0.25, 0.3) is 0 Å². The van der Waals surface area contributed by atoms with Gasteiger partial charge in [0.2, 0.25) is 0 Å². The Balaban J connectivity index is 1.53. The summed E-state index contributed by atoms with van der Waals surface area (Å²) in [5.41, 5.74) is 2.93. The zero-order valence-corrected chi connectivity index (χ0v) is 18.3. The smallest absolute Gasteiger partial charge is 0.338 e. The molecule has 8 heteroatoms. The number of para-hydroxylation sites is 2. The zero-order valence-electron chi connectivity index (χ0n) is 18.3. The van der Waals surface area contributed by atoms with E-state index in [1.807, 2.05) is 48.5 Å². The minimum atomic E-state index is -0.553. The number of benzene rings is 2. The summed E-state index contributed by atoms with van der Waals surface area (Å²) in [6, 6.07) is 16.6. The molecule has 0 saturated carbocycles. The summed E-state index contributed by atoms with van der Waals surface area (Å²) in [7, 11) is 3.04. The molecule has 2 aromatic carbocycles. The van der Waals surface area contributed by atoms with Crippen LogP contribution in [0.2, 0.25) is 0 Å². The number of amides is 2. The quantitative estimate of drug-likeness (QED) is 0.677. The van der Waals surface area contributed by atoms with Gasteiger partial charge in [-0.15, -0.1) is 0 Å². The lowest BCUT2D eigenvalue weighted by Gasteiger charge is -2.38. The van der Waals surface area contributed by atoms with E-state index in [1.165, 1.54) is 7.11 Å². The standard InChI is InChI=1S/C24H28N4O4/c1-31-20-11-7-6-10-19(20)28-14-12-27(13-15-28)16-18-21(23(29)32-2)22(26-24(30)25-18)17-8-4-3-5-9-17/h3-11,22H,12-16H2,1-2H3,(H2,25,26,30)/t22-/m1/s1. The number of methoxy groups -OCH3 is 2. The van der Waals surface area contributed by atoms with Crippen LogP contribution in [0.5, 0.6) is 5.75 Å². The number of nitrogens with zero attached hydrogens (tertiary/aromatic N) is 2. The third-order valence-electron chi connectivity index (χ3n) is 5.87. The summed E-state index contributed by atoms with van der Waals surface area (Å²) in [5, 5.41) is 5.70. The molecule has 32 heavy (non-hydrogen) atoms. The average molecular weight is 437 g/mol. The van der Waals surface area contributed by atoms with Gasteiger partial charge in [0.05, 0.1) is 31.5 Å². The second kappa shape index (κ2) is 9.74. The van der Waals surface area contributed by atoms with E-state index in [0.717, 1.165) is 43.2 Å². The second-order valence-electron chi connectivity index (χ2n) is 7.76. The minimum Gasteiger partial charge on any atom is -0.495 e. The van der Waals surface area contributed by atoms with Gasteiger partial charge in [0.1, 0.15) is 5.75 Å². The van der Waals surface area contributed by atoms with Gasteiger partial charge in [-0.2, -0.15) is 0 Å². The molecule has 2 heterocycles. The van der Waals surface area contributed by atoms with Gasteiger partial charge in [0, 0.05) is 38.4 Å². The Morgan fingerprint density at radius 3 is 2.38 bits per heavy atom. The third-order valence-corrected chi connectivity index (χ3v) is 5.87. The maximum atomic E-state index is 12.7. The normalized spacial score (nSPS) is 19.2. The van der Waals surface area contributed by atoms with Crippen molar-refractivity contribution in [2.75, 3.05) is 51.8 Å². The Morgan fingerprint density at radius 1 is 1.00 bits per heavy atom. The predicted molar refractivity (Wildman–Crippen MR) is 122 cm³/mol. The lowest BCUT2D eigenvalue weighted by Crippen LogP contribution is -2.51. The van der Waals surface area contributed by atoms with Gasteiger partial charge in [-0.3, -0.25) is 4.90 Å². The molecular formula is C24H28N4O4. The number of piperazine rings is 1. The molecule has 2 N–H and O–H groups in total. The van der Waals surface area contributed by atoms with Crippen molar-refractivity contribution in [1.29, 1.82) is 0 Å². The highest BCUT2D eigenvalue weighted by atomic mass is 16.5. The Hall–Kier alpha value is -3.52. The molecule has 1 saturated heterocycles. The lowest BCUT2D eigenvalue weighted by molar-refractivity contribution is -0.136. The van der Waals surface area contributed by atoms with Crippen molar-refractivity contribution >= 4 is 17.7 Å². The van der Waals surface area contributed by atoms with Crippen molar-refractivity contribution in [3.05, 3.63) is 71.4 Å². The largest absolute Gasteiger partial charge is 0.495 e. The van der Waals surface area contributed by atoms with E-state index in [1.54, 1.807) is 7.11 Å². The summed E-state index contributed by atoms with van der Waals surface area (Å²) < 4.78 is 10.6. The molecule has 0 unspecified atom stereocenters. The van der Waals surface area contributed by atoms with Crippen LogP contribution in [0.4, 0.5) is 10.5 Å². The van der Waals surface area contributed by atoms with E-state index in [0.29, 0.717) is 17.8 Å². The van der Waals surface area contributed by atoms with E-state index in [-0.39, 0.29) is 6.03 Å². The van der Waals surface area contributed by atoms with Crippen molar-refractivity contribution in [3.63, 3.8) is 0 Å². The van der Waals surface area contributed by atoms with Crippen LogP contribution in [0.25, 0.3) is 0 Å². The fraction of sp³-hybridized carbons (Fsp3) is 0.333. The number of hydrogen-bond acceptors (Lipinski definition) is 6. The summed E-state index contributed by atoms with van der Waals surface area (Å²) in [4.78, 5) is 29.6. The Morgan fingerprint density at radius 2 is 1.69 bits per heavy atom. The van der Waals surface area contributed by atoms with E-state index in [2.05, 4.69) is 26.5 Å². The third kappa shape index (κ3) is 4.55. The highest BCUT2D eigenvalue weighted by molar-refractivity contribution is 5.95. The minimum absolute atomic E-state index is 0.325. The first-order valence-electron chi connectivity index (χ1n) is 10.6. The first-order valence-corrected chi connectivity index (χ1v) is 10.6. The Labute approximate surface area is 187 Å². The molecule has 2 aromatic rings. The van der Waals surface area contributed by atoms with Crippen LogP contribution in [0.15, 0.2) is 65.9 Å². The number of carbonyl (C=O) groups is 2. The Kier molecular flexibility index (Phi) is 6.61. The summed E-state index contributed by atoms with van der Waals surface area (Å²) >= 11 is 0. The maximum Gasteiger partial charge on any atom is 0.338 e. The van der Waals surface area contributed by atoms with E-state index < -0.39 is 12.0 Å². The molecule has 0 spiro atoms. The van der Waals surface area contributed by atoms with Crippen molar-refractivity contribution in [2.45, 2.75) is 6.04 Å². The fourth-order valence-corrected chi connectivity index (χ4v) is 4.25. The van der Waals surface area contributed by atoms with Gasteiger partial charge >= 0.3 is 12.0 Å². The number of hydrogen-bond donors (Lipinski definition) is 2. The second-order valence-corrected chi connectivity index (χ2v) is 7.76. The summed E-state index contributed by atoms with van der Waals surface area (Å²) in [6.07, 6.45) is 0. The molecule has 168 valence electrons. The molecule has 4 rings (SSSR count). The van der Waals surface area contributed by atoms with Crippen LogP contribution in [0.3, 0.4) is 0 Å². The van der Waals surface area contributed by atoms with Crippen molar-refractivity contribution in [3.8, 4) is 5.75 Å². The Bertz CT molecular complexity index is 1000. The number of nitrogens with one attached hydrogen (secondary N) is 2. The predicted octanol–water partition coefficient (Wildman–Crippen LogP) is 2.30. The van der Waals surface area contributed by atoms with Gasteiger partial charge in [-0.25, -0.2) is 9.59 Å². The lowest BCUT2D eigenvalue weighted by atomic mass is 9.95. The van der Waals surface area contributed by atoms with Gasteiger partial charge in [-0.1, -0.05) is 42.5 Å². The fourth-order valence-electron chi connectivity index (χ4n) is 4.25. The number of ether oxygens (including phenoxy) is 2. The molecule has 1 atom stereocenters. The van der Waals surface area contributed by atoms with E-state index >= 15 is 0 Å². The summed E-state index contributed by atoms with van der Waals surface area (Å²) in [6.45, 7) is 3.66. The molecule has 0 aromatic heterocycles. The molecule has 0 aliphatic carbocycles. The molecular weight excluding hydrogens is 408 g/mol. The number of carbonyl (C=O) groups excluding carboxylic acids is 2. The maximum absolute atomic E-state index is 12.7. The van der Waals surface area contributed by atoms with Crippen LogP contribution in [-0.4, -0.2) is 63.8 Å². The van der Waals surface area contributed by atoms with Crippen LogP contribution in [0.1, 0.15) is 11.6 Å². The highest BCUT2D eigenvalue weighted by Gasteiger charge is 2.34. The molecule has 2 aliphatic heterocycles. The topological polar surface area (TPSA) is 83.1 Å². The molecule has 1 fully saturated rings. The monoisotopic (exact) mass is 436 g/mol. The van der Waals surface area contributed by atoms with Crippen LogP contribution >= 0.6 is 0 Å². The van der Waals surface area contributed by atoms with Crippen molar-refractivity contribution < 1.29 is 19.1 Å². The van der Waals surface area contributed by atoms with Crippen LogP contribution in [0, 0.1) is 0 Å². The first-order chi connectivity index (χ1) is 15.6. The average Bonchev–Trinajstić information content (AvgIpc) is 2.84. The molecule has 2 aliphatic rings. The number of urea groups is 1. The van der Waals surface area contributed by atoms with Gasteiger partial charge in [0.15, 0.2) is 0 Å². The van der Waals surface area contributed by atoms with E-state index in [9.17, 15) is 9.59 Å². The SMILES string of the molecule is COC(=O)C1=C(CN2CCN(c3ccccc3OC)CC2)NC(=O)N[C@@H]1c1ccccc1. The van der Waals surface area contributed by atoms with Crippen LogP contribution in [-0.2, 0) is 9.53 Å².